The van der Waals surface area contributed by atoms with Crippen LogP contribution in [-0.4, -0.2) is 19.0 Å². The van der Waals surface area contributed by atoms with Gasteiger partial charge in [0.05, 0.1) is 11.7 Å². The van der Waals surface area contributed by atoms with Gasteiger partial charge in [0.1, 0.15) is 11.0 Å². The molecule has 0 radical (unpaired) electrons. The molecule has 1 heterocycles. The maximum Gasteiger partial charge on any atom is 0.294 e. The summed E-state index contributed by atoms with van der Waals surface area (Å²) in [6, 6.07) is 6.21. The molecule has 2 N–H and O–H groups in total. The lowest BCUT2D eigenvalue weighted by atomic mass is 9.99. The van der Waals surface area contributed by atoms with Crippen molar-refractivity contribution in [1.29, 1.82) is 0 Å². The first-order valence-corrected chi connectivity index (χ1v) is 8.61. The van der Waals surface area contributed by atoms with Gasteiger partial charge in [0.25, 0.3) is 10.1 Å². The van der Waals surface area contributed by atoms with Crippen LogP contribution in [0.25, 0.3) is 0 Å². The molecule has 1 aliphatic heterocycles. The Morgan fingerprint density at radius 2 is 1.92 bits per heavy atom. The van der Waals surface area contributed by atoms with Gasteiger partial charge in [-0.3, -0.25) is 4.55 Å². The SMILES string of the molecule is Cc1ccc(S(=O)(=O)O)c([C@H]2Oc3c(ccc(F)c3F)N[C@H]2C)c1. The molecule has 0 fully saturated rings. The fourth-order valence-corrected chi connectivity index (χ4v) is 3.48. The number of fused-ring (bicyclic) bond motifs is 1. The van der Waals surface area contributed by atoms with Crippen LogP contribution in [0.2, 0.25) is 0 Å². The Balaban J connectivity index is 2.14. The van der Waals surface area contributed by atoms with Crippen LogP contribution in [-0.2, 0) is 10.1 Å². The van der Waals surface area contributed by atoms with Gasteiger partial charge in [0, 0.05) is 5.56 Å². The zero-order valence-corrected chi connectivity index (χ0v) is 13.7. The van der Waals surface area contributed by atoms with Gasteiger partial charge in [-0.25, -0.2) is 4.39 Å². The predicted molar refractivity (Wildman–Crippen MR) is 83.8 cm³/mol. The van der Waals surface area contributed by atoms with Crippen molar-refractivity contribution in [2.75, 3.05) is 5.32 Å². The van der Waals surface area contributed by atoms with Gasteiger partial charge >= 0.3 is 0 Å². The lowest BCUT2D eigenvalue weighted by Crippen LogP contribution is -2.34. The molecule has 2 aromatic rings. The van der Waals surface area contributed by atoms with Crippen molar-refractivity contribution in [1.82, 2.24) is 0 Å². The van der Waals surface area contributed by atoms with Gasteiger partial charge in [-0.2, -0.15) is 12.8 Å². The number of nitrogens with one attached hydrogen (secondary N) is 1. The lowest BCUT2D eigenvalue weighted by Gasteiger charge is -2.34. The van der Waals surface area contributed by atoms with Gasteiger partial charge < -0.3 is 10.1 Å². The van der Waals surface area contributed by atoms with Gasteiger partial charge in [0.15, 0.2) is 11.6 Å². The summed E-state index contributed by atoms with van der Waals surface area (Å²) in [5, 5.41) is 2.97. The molecule has 0 spiro atoms. The minimum absolute atomic E-state index is 0.173. The molecule has 0 amide bonds. The number of rotatable bonds is 2. The smallest absolute Gasteiger partial charge is 0.294 e. The van der Waals surface area contributed by atoms with Gasteiger partial charge in [-0.15, -0.1) is 0 Å². The number of aryl methyl sites for hydroxylation is 1. The minimum Gasteiger partial charge on any atom is -0.478 e. The van der Waals surface area contributed by atoms with Crippen LogP contribution in [0.15, 0.2) is 35.2 Å². The van der Waals surface area contributed by atoms with E-state index >= 15 is 0 Å². The first-order valence-electron chi connectivity index (χ1n) is 7.17. The topological polar surface area (TPSA) is 75.6 Å². The molecular weight excluding hydrogens is 340 g/mol. The summed E-state index contributed by atoms with van der Waals surface area (Å²) in [7, 11) is -4.49. The highest BCUT2D eigenvalue weighted by Gasteiger charge is 2.34. The van der Waals surface area contributed by atoms with Crippen LogP contribution in [0, 0.1) is 18.6 Å². The van der Waals surface area contributed by atoms with Crippen LogP contribution in [0.4, 0.5) is 14.5 Å². The van der Waals surface area contributed by atoms with E-state index in [1.807, 2.05) is 0 Å². The molecule has 5 nitrogen and oxygen atoms in total. The second kappa shape index (κ2) is 5.71. The van der Waals surface area contributed by atoms with Crippen molar-refractivity contribution in [2.24, 2.45) is 0 Å². The summed E-state index contributed by atoms with van der Waals surface area (Å²) >= 11 is 0. The highest BCUT2D eigenvalue weighted by atomic mass is 32.2. The molecule has 8 heteroatoms. The van der Waals surface area contributed by atoms with E-state index in [0.29, 0.717) is 0 Å². The standard InChI is InChI=1S/C16H15F2NO4S/c1-8-3-6-13(24(20,21)22)10(7-8)15-9(2)19-12-5-4-11(17)14(18)16(12)23-15/h3-7,9,15,19H,1-2H3,(H,20,21,22)/t9-,15-/m0/s1. The Bertz CT molecular complexity index is 915. The molecule has 2 atom stereocenters. The normalized spacial score (nSPS) is 20.0. The summed E-state index contributed by atoms with van der Waals surface area (Å²) in [5.41, 5.74) is 1.18. The second-order valence-electron chi connectivity index (χ2n) is 5.73. The number of anilines is 1. The van der Waals surface area contributed by atoms with E-state index in [2.05, 4.69) is 5.32 Å². The third-order valence-electron chi connectivity index (χ3n) is 3.88. The van der Waals surface area contributed by atoms with Crippen molar-refractivity contribution in [3.63, 3.8) is 0 Å². The number of ether oxygens (including phenoxy) is 1. The van der Waals surface area contributed by atoms with E-state index in [0.717, 1.165) is 11.6 Å². The third kappa shape index (κ3) is 2.83. The third-order valence-corrected chi connectivity index (χ3v) is 4.81. The van der Waals surface area contributed by atoms with Crippen molar-refractivity contribution in [2.45, 2.75) is 30.9 Å². The molecule has 24 heavy (non-hydrogen) atoms. The highest BCUT2D eigenvalue weighted by Crippen LogP contribution is 2.41. The fourth-order valence-electron chi connectivity index (χ4n) is 2.77. The van der Waals surface area contributed by atoms with Crippen molar-refractivity contribution >= 4 is 15.8 Å². The van der Waals surface area contributed by atoms with Crippen molar-refractivity contribution in [3.05, 3.63) is 53.1 Å². The van der Waals surface area contributed by atoms with Crippen molar-refractivity contribution in [3.8, 4) is 5.75 Å². The molecule has 3 rings (SSSR count). The number of hydrogen-bond donors (Lipinski definition) is 2. The zero-order valence-electron chi connectivity index (χ0n) is 12.9. The van der Waals surface area contributed by atoms with Crippen LogP contribution < -0.4 is 10.1 Å². The average molecular weight is 355 g/mol. The van der Waals surface area contributed by atoms with Crippen LogP contribution >= 0.6 is 0 Å². The Labute approximate surface area is 138 Å². The lowest BCUT2D eigenvalue weighted by molar-refractivity contribution is 0.164. The molecular formula is C16H15F2NO4S. The van der Waals surface area contributed by atoms with Crippen LogP contribution in [0.1, 0.15) is 24.2 Å². The fraction of sp³-hybridized carbons (Fsp3) is 0.250. The second-order valence-corrected chi connectivity index (χ2v) is 7.12. The van der Waals surface area contributed by atoms with Crippen LogP contribution in [0.3, 0.4) is 0 Å². The molecule has 0 unspecified atom stereocenters. The Kier molecular flexibility index (Phi) is 3.97. The number of hydrogen-bond acceptors (Lipinski definition) is 4. The van der Waals surface area contributed by atoms with E-state index < -0.39 is 33.9 Å². The zero-order chi connectivity index (χ0) is 17.6. The van der Waals surface area contributed by atoms with E-state index in [1.54, 1.807) is 13.8 Å². The number of halogens is 2. The van der Waals surface area contributed by atoms with Crippen molar-refractivity contribution < 1.29 is 26.5 Å². The summed E-state index contributed by atoms with van der Waals surface area (Å²) < 4.78 is 65.7. The molecule has 0 bridgehead atoms. The quantitative estimate of drug-likeness (QED) is 0.807. The predicted octanol–water partition coefficient (Wildman–Crippen LogP) is 3.45. The van der Waals surface area contributed by atoms with E-state index in [4.69, 9.17) is 4.74 Å². The molecule has 2 aromatic carbocycles. The molecule has 0 aliphatic carbocycles. The maximum atomic E-state index is 14.0. The Hall–Kier alpha value is -2.19. The Morgan fingerprint density at radius 1 is 1.21 bits per heavy atom. The summed E-state index contributed by atoms with van der Waals surface area (Å²) in [5.74, 6) is -2.54. The first-order chi connectivity index (χ1) is 11.2. The van der Waals surface area contributed by atoms with Gasteiger partial charge in [-0.1, -0.05) is 17.7 Å². The Morgan fingerprint density at radius 3 is 2.58 bits per heavy atom. The van der Waals surface area contributed by atoms with Crippen LogP contribution in [0.5, 0.6) is 5.75 Å². The summed E-state index contributed by atoms with van der Waals surface area (Å²) in [4.78, 5) is -0.327. The summed E-state index contributed by atoms with van der Waals surface area (Å²) in [6.07, 6.45) is -0.925. The first kappa shape index (κ1) is 16.7. The maximum absolute atomic E-state index is 14.0. The highest BCUT2D eigenvalue weighted by molar-refractivity contribution is 7.85. The average Bonchev–Trinajstić information content (AvgIpc) is 2.49. The molecule has 1 aliphatic rings. The number of benzene rings is 2. The van der Waals surface area contributed by atoms with E-state index in [1.165, 1.54) is 24.3 Å². The largest absolute Gasteiger partial charge is 0.478 e. The monoisotopic (exact) mass is 355 g/mol. The van der Waals surface area contributed by atoms with Gasteiger partial charge in [0.2, 0.25) is 5.82 Å². The molecule has 0 saturated carbocycles. The minimum atomic E-state index is -4.49. The summed E-state index contributed by atoms with van der Waals surface area (Å²) in [6.45, 7) is 3.46. The van der Waals surface area contributed by atoms with Gasteiger partial charge in [-0.05, 0) is 32.0 Å². The molecule has 128 valence electrons. The molecule has 0 saturated heterocycles. The molecule has 0 aromatic heterocycles. The van der Waals surface area contributed by atoms with E-state index in [9.17, 15) is 21.8 Å². The van der Waals surface area contributed by atoms with E-state index in [-0.39, 0.29) is 21.9 Å².